The van der Waals surface area contributed by atoms with E-state index in [0.717, 1.165) is 18.5 Å². The number of aldehydes is 1. The molecule has 0 amide bonds. The largest absolute Gasteiger partial charge is 0.298 e. The number of hydrogen-bond acceptors (Lipinski definition) is 3. The molecule has 0 radical (unpaired) electrons. The van der Waals surface area contributed by atoms with Crippen molar-refractivity contribution in [1.82, 2.24) is 9.88 Å². The average molecular weight is 270 g/mol. The van der Waals surface area contributed by atoms with Crippen LogP contribution in [0.5, 0.6) is 0 Å². The van der Waals surface area contributed by atoms with Crippen molar-refractivity contribution in [2.75, 3.05) is 13.6 Å². The molecule has 0 unspecified atom stereocenters. The SMILES string of the molecule is CN(CC=CC#CC(C)(C)C)Cc1cc(C=O)ccn1. The first-order valence-corrected chi connectivity index (χ1v) is 6.67. The van der Waals surface area contributed by atoms with Crippen LogP contribution >= 0.6 is 0 Å². The van der Waals surface area contributed by atoms with Crippen molar-refractivity contribution >= 4 is 6.29 Å². The Hall–Kier alpha value is -1.92. The number of carbonyl (C=O) groups is 1. The summed E-state index contributed by atoms with van der Waals surface area (Å²) in [5.41, 5.74) is 1.59. The fraction of sp³-hybridized carbons (Fsp3) is 0.412. The van der Waals surface area contributed by atoms with Crippen molar-refractivity contribution in [2.45, 2.75) is 27.3 Å². The average Bonchev–Trinajstić information content (AvgIpc) is 2.37. The molecule has 0 aliphatic heterocycles. The van der Waals surface area contributed by atoms with Gasteiger partial charge in [-0.15, -0.1) is 0 Å². The number of likely N-dealkylation sites (N-methyl/N-ethyl adjacent to an activating group) is 1. The summed E-state index contributed by atoms with van der Waals surface area (Å²) in [7, 11) is 2.01. The van der Waals surface area contributed by atoms with E-state index >= 15 is 0 Å². The maximum atomic E-state index is 10.7. The molecule has 0 aliphatic rings. The van der Waals surface area contributed by atoms with Crippen LogP contribution in [0, 0.1) is 17.3 Å². The zero-order valence-electron chi connectivity index (χ0n) is 12.7. The maximum Gasteiger partial charge on any atom is 0.150 e. The number of nitrogens with zero attached hydrogens (tertiary/aromatic N) is 2. The predicted octanol–water partition coefficient (Wildman–Crippen LogP) is 2.93. The molecule has 0 fully saturated rings. The van der Waals surface area contributed by atoms with E-state index in [9.17, 15) is 4.79 Å². The van der Waals surface area contributed by atoms with Gasteiger partial charge in [0.15, 0.2) is 0 Å². The molecule has 0 saturated carbocycles. The third-order valence-corrected chi connectivity index (χ3v) is 2.47. The molecule has 1 aromatic rings. The van der Waals surface area contributed by atoms with E-state index in [0.29, 0.717) is 12.1 Å². The van der Waals surface area contributed by atoms with E-state index in [4.69, 9.17) is 0 Å². The first-order valence-electron chi connectivity index (χ1n) is 6.67. The van der Waals surface area contributed by atoms with Crippen LogP contribution in [0.1, 0.15) is 36.8 Å². The van der Waals surface area contributed by atoms with Crippen molar-refractivity contribution in [2.24, 2.45) is 5.41 Å². The van der Waals surface area contributed by atoms with E-state index in [-0.39, 0.29) is 5.41 Å². The van der Waals surface area contributed by atoms with Crippen LogP contribution < -0.4 is 0 Å². The fourth-order valence-electron chi connectivity index (χ4n) is 1.55. The van der Waals surface area contributed by atoms with Crippen molar-refractivity contribution in [3.63, 3.8) is 0 Å². The van der Waals surface area contributed by atoms with Crippen molar-refractivity contribution in [3.8, 4) is 11.8 Å². The normalized spacial score (nSPS) is 11.4. The number of pyridine rings is 1. The molecule has 3 heteroatoms. The number of carbonyl (C=O) groups excluding carboxylic acids is 1. The van der Waals surface area contributed by atoms with E-state index in [1.807, 2.05) is 25.3 Å². The molecule has 0 N–H and O–H groups in total. The Morgan fingerprint density at radius 1 is 1.40 bits per heavy atom. The fourth-order valence-corrected chi connectivity index (χ4v) is 1.55. The summed E-state index contributed by atoms with van der Waals surface area (Å²) in [6, 6.07) is 3.52. The molecule has 0 bridgehead atoms. The number of aromatic nitrogens is 1. The van der Waals surface area contributed by atoms with Gasteiger partial charge >= 0.3 is 0 Å². The van der Waals surface area contributed by atoms with E-state index in [2.05, 4.69) is 42.5 Å². The van der Waals surface area contributed by atoms with Gasteiger partial charge in [-0.1, -0.05) is 17.9 Å². The first-order chi connectivity index (χ1) is 9.40. The van der Waals surface area contributed by atoms with Gasteiger partial charge in [0.1, 0.15) is 6.29 Å². The second-order valence-corrected chi connectivity index (χ2v) is 5.82. The topological polar surface area (TPSA) is 33.2 Å². The molecular weight excluding hydrogens is 248 g/mol. The first kappa shape index (κ1) is 16.1. The highest BCUT2D eigenvalue weighted by Crippen LogP contribution is 2.09. The summed E-state index contributed by atoms with van der Waals surface area (Å²) in [6.07, 6.45) is 6.42. The summed E-state index contributed by atoms with van der Waals surface area (Å²) >= 11 is 0. The predicted molar refractivity (Wildman–Crippen MR) is 82.3 cm³/mol. The molecule has 0 aliphatic carbocycles. The molecule has 106 valence electrons. The van der Waals surface area contributed by atoms with Gasteiger partial charge in [0.05, 0.1) is 5.69 Å². The lowest BCUT2D eigenvalue weighted by Gasteiger charge is -2.13. The molecular formula is C17H22N2O. The van der Waals surface area contributed by atoms with Gasteiger partial charge in [-0.25, -0.2) is 0 Å². The van der Waals surface area contributed by atoms with Gasteiger partial charge in [0.2, 0.25) is 0 Å². The molecule has 1 aromatic heterocycles. The number of rotatable bonds is 5. The molecule has 0 atom stereocenters. The van der Waals surface area contributed by atoms with Gasteiger partial charge in [-0.2, -0.15) is 0 Å². The zero-order chi connectivity index (χ0) is 15.0. The van der Waals surface area contributed by atoms with Crippen LogP contribution in [0.25, 0.3) is 0 Å². The van der Waals surface area contributed by atoms with E-state index < -0.39 is 0 Å². The summed E-state index contributed by atoms with van der Waals surface area (Å²) in [4.78, 5) is 17.1. The summed E-state index contributed by atoms with van der Waals surface area (Å²) in [6.45, 7) is 7.77. The third kappa shape index (κ3) is 6.86. The van der Waals surface area contributed by atoms with Crippen molar-refractivity contribution in [3.05, 3.63) is 41.7 Å². The van der Waals surface area contributed by atoms with Gasteiger partial charge in [0.25, 0.3) is 0 Å². The highest BCUT2D eigenvalue weighted by molar-refractivity contribution is 5.74. The second-order valence-electron chi connectivity index (χ2n) is 5.82. The summed E-state index contributed by atoms with van der Waals surface area (Å²) in [5, 5.41) is 0. The van der Waals surface area contributed by atoms with Crippen LogP contribution in [0.15, 0.2) is 30.5 Å². The molecule has 0 spiro atoms. The van der Waals surface area contributed by atoms with Gasteiger partial charge < -0.3 is 0 Å². The molecule has 20 heavy (non-hydrogen) atoms. The molecule has 0 saturated heterocycles. The summed E-state index contributed by atoms with van der Waals surface area (Å²) in [5.74, 6) is 6.20. The Balaban J connectivity index is 2.47. The Bertz CT molecular complexity index is 530. The maximum absolute atomic E-state index is 10.7. The standard InChI is InChI=1S/C17H22N2O/c1-17(2,3)9-6-5-7-11-19(4)13-16-12-15(14-20)8-10-18-16/h5,7-8,10,12,14H,11,13H2,1-4H3. The lowest BCUT2D eigenvalue weighted by molar-refractivity contribution is 0.112. The number of hydrogen-bond donors (Lipinski definition) is 0. The Labute approximate surface area is 121 Å². The molecule has 0 aromatic carbocycles. The summed E-state index contributed by atoms with van der Waals surface area (Å²) < 4.78 is 0. The van der Waals surface area contributed by atoms with Gasteiger partial charge in [-0.3, -0.25) is 14.7 Å². The second kappa shape index (κ2) is 7.62. The van der Waals surface area contributed by atoms with Crippen molar-refractivity contribution in [1.29, 1.82) is 0 Å². The number of allylic oxidation sites excluding steroid dienone is 1. The molecule has 3 nitrogen and oxygen atoms in total. The highest BCUT2D eigenvalue weighted by Gasteiger charge is 2.02. The Kier molecular flexibility index (Phi) is 6.14. The Morgan fingerprint density at radius 3 is 2.80 bits per heavy atom. The third-order valence-electron chi connectivity index (χ3n) is 2.47. The Morgan fingerprint density at radius 2 is 2.15 bits per heavy atom. The molecule has 1 rings (SSSR count). The smallest absolute Gasteiger partial charge is 0.150 e. The van der Waals surface area contributed by atoms with Crippen LogP contribution in [0.4, 0.5) is 0 Å². The lowest BCUT2D eigenvalue weighted by atomic mass is 9.98. The van der Waals surface area contributed by atoms with E-state index in [1.165, 1.54) is 0 Å². The van der Waals surface area contributed by atoms with Crippen LogP contribution in [-0.4, -0.2) is 29.8 Å². The van der Waals surface area contributed by atoms with Gasteiger partial charge in [0, 0.05) is 30.3 Å². The minimum absolute atomic E-state index is 0.0371. The van der Waals surface area contributed by atoms with Crippen LogP contribution in [0.2, 0.25) is 0 Å². The van der Waals surface area contributed by atoms with E-state index in [1.54, 1.807) is 12.3 Å². The monoisotopic (exact) mass is 270 g/mol. The van der Waals surface area contributed by atoms with Gasteiger partial charge in [-0.05, 0) is 46.0 Å². The minimum Gasteiger partial charge on any atom is -0.298 e. The molecule has 1 heterocycles. The minimum atomic E-state index is 0.0371. The lowest BCUT2D eigenvalue weighted by Crippen LogP contribution is -2.18. The van der Waals surface area contributed by atoms with Crippen LogP contribution in [0.3, 0.4) is 0 Å². The van der Waals surface area contributed by atoms with Crippen LogP contribution in [-0.2, 0) is 6.54 Å². The highest BCUT2D eigenvalue weighted by atomic mass is 16.1. The quantitative estimate of drug-likeness (QED) is 0.609. The van der Waals surface area contributed by atoms with Crippen molar-refractivity contribution < 1.29 is 4.79 Å². The zero-order valence-corrected chi connectivity index (χ0v) is 12.7.